The van der Waals surface area contributed by atoms with Crippen LogP contribution in [-0.4, -0.2) is 24.6 Å². The van der Waals surface area contributed by atoms with E-state index in [1.807, 2.05) is 0 Å². The Labute approximate surface area is 419 Å². The van der Waals surface area contributed by atoms with Crippen LogP contribution in [0.25, 0.3) is 92.7 Å². The quantitative estimate of drug-likeness (QED) is 0.174. The molecule has 10 rings (SSSR count). The topological polar surface area (TPSA) is 63.8 Å². The molecule has 5 nitrogen and oxygen atoms in total. The fourth-order valence-corrected chi connectivity index (χ4v) is 10.6. The molecule has 3 heterocycles. The molecule has 10 aromatic rings. The van der Waals surface area contributed by atoms with Crippen LogP contribution < -0.4 is 0 Å². The van der Waals surface area contributed by atoms with Crippen LogP contribution in [0, 0.1) is 6.07 Å². The zero-order valence-electron chi connectivity index (χ0n) is 41.2. The summed E-state index contributed by atoms with van der Waals surface area (Å²) in [7, 11) is 0. The third kappa shape index (κ3) is 8.28. The maximum Gasteiger partial charge on any atom is 0.148 e. The van der Waals surface area contributed by atoms with Gasteiger partial charge in [0.15, 0.2) is 0 Å². The predicted octanol–water partition coefficient (Wildman–Crippen LogP) is 16.7. The van der Waals surface area contributed by atoms with Gasteiger partial charge in [0.05, 0.1) is 27.8 Å². The van der Waals surface area contributed by atoms with Gasteiger partial charge in [-0.3, -0.25) is 9.55 Å². The maximum absolute atomic E-state index is 12.6. The number of hydrogen-bond donors (Lipinski definition) is 1. The Kier molecular flexibility index (Phi) is 11.7. The number of phenolic OH excluding ortho intramolecular Hbond substituents is 1. The van der Waals surface area contributed by atoms with Crippen LogP contribution in [0.2, 0.25) is 0 Å². The first-order valence-corrected chi connectivity index (χ1v) is 24.2. The van der Waals surface area contributed by atoms with E-state index in [4.69, 9.17) is 15.0 Å². The number of imidazole rings is 1. The largest absolute Gasteiger partial charge is 0.507 e. The van der Waals surface area contributed by atoms with Crippen molar-refractivity contribution in [3.8, 4) is 56.3 Å². The SMILES string of the molecule is CC(C)(C)c1cc(-c2cccc3c2nc(-c2cc(C(C)(C)C)cc(C(C)(C)C)c2O)n3-c2ccc(C(C)(C)C)cc2-c2ccccc2)[c-]c(-c2ncnc3c2sc2ccc4ccccc4c23)c1.[Pt]. The molecule has 68 heavy (non-hydrogen) atoms. The predicted molar refractivity (Wildman–Crippen MR) is 284 cm³/mol. The number of thiophene rings is 1. The number of benzene rings is 7. The number of fused-ring (bicyclic) bond motifs is 6. The van der Waals surface area contributed by atoms with Gasteiger partial charge in [-0.1, -0.05) is 179 Å². The fourth-order valence-electron chi connectivity index (χ4n) is 9.40. The third-order valence-corrected chi connectivity index (χ3v) is 14.5. The van der Waals surface area contributed by atoms with Crippen molar-refractivity contribution in [3.05, 3.63) is 162 Å². The Balaban J connectivity index is 0.00000578. The van der Waals surface area contributed by atoms with E-state index < -0.39 is 0 Å². The van der Waals surface area contributed by atoms with Crippen molar-refractivity contribution >= 4 is 53.4 Å². The summed E-state index contributed by atoms with van der Waals surface area (Å²) >= 11 is 1.74. The second kappa shape index (κ2) is 16.9. The average molecular weight is 1090 g/mol. The van der Waals surface area contributed by atoms with Crippen molar-refractivity contribution < 1.29 is 26.2 Å². The van der Waals surface area contributed by atoms with E-state index in [1.54, 1.807) is 17.7 Å². The van der Waals surface area contributed by atoms with Crippen LogP contribution in [0.3, 0.4) is 0 Å². The molecule has 7 aromatic carbocycles. The smallest absolute Gasteiger partial charge is 0.148 e. The number of aromatic hydroxyl groups is 1. The first-order chi connectivity index (χ1) is 31.7. The molecule has 0 fully saturated rings. The van der Waals surface area contributed by atoms with Crippen LogP contribution in [-0.2, 0) is 42.7 Å². The van der Waals surface area contributed by atoms with E-state index in [1.165, 1.54) is 26.6 Å². The van der Waals surface area contributed by atoms with E-state index in [2.05, 4.69) is 221 Å². The molecule has 0 aliphatic heterocycles. The molecular formula is C61H59N4OPtS-. The standard InChI is InChI=1S/C61H59N4OS.Pt/c1-58(2,3)40-26-27-48(45(32-40)36-19-14-13-15-20-36)65-49-24-18-23-44(53(49)64-57(65)46-33-42(60(7,8)9)34-47(55(46)66)61(10,11)12)38-29-39(31-41(30-38)59(4,5)6)52-56-54(63-35-62-52)51-43-22-17-16-21-37(43)25-28-50(51)67-56;/h13-28,30-35,66H,1-12H3;/q-1;. The number of phenols is 1. The molecule has 0 aliphatic rings. The average Bonchev–Trinajstić information content (AvgIpc) is 3.87. The van der Waals surface area contributed by atoms with Crippen LogP contribution >= 0.6 is 11.3 Å². The molecule has 0 aliphatic carbocycles. The van der Waals surface area contributed by atoms with Crippen molar-refractivity contribution in [1.82, 2.24) is 19.5 Å². The Morgan fingerprint density at radius 2 is 1.22 bits per heavy atom. The molecule has 1 N–H and O–H groups in total. The van der Waals surface area contributed by atoms with Gasteiger partial charge in [-0.25, -0.2) is 9.97 Å². The molecule has 0 radical (unpaired) electrons. The summed E-state index contributed by atoms with van der Waals surface area (Å²) in [6.45, 7) is 26.8. The van der Waals surface area contributed by atoms with Crippen LogP contribution in [0.4, 0.5) is 0 Å². The minimum absolute atomic E-state index is 0. The maximum atomic E-state index is 12.6. The summed E-state index contributed by atoms with van der Waals surface area (Å²) in [6, 6.07) is 49.7. The molecule has 0 saturated carbocycles. The summed E-state index contributed by atoms with van der Waals surface area (Å²) in [5.41, 5.74) is 13.9. The number of para-hydroxylation sites is 1. The second-order valence-electron chi connectivity index (χ2n) is 22.3. The molecule has 7 heteroatoms. The normalized spacial score (nSPS) is 12.6. The molecule has 0 atom stereocenters. The molecule has 0 saturated heterocycles. The molecule has 0 bridgehead atoms. The number of rotatable bonds is 5. The van der Waals surface area contributed by atoms with Crippen molar-refractivity contribution in [2.75, 3.05) is 0 Å². The van der Waals surface area contributed by atoms with Crippen molar-refractivity contribution in [1.29, 1.82) is 0 Å². The van der Waals surface area contributed by atoms with Crippen LogP contribution in [0.1, 0.15) is 105 Å². The van der Waals surface area contributed by atoms with Crippen molar-refractivity contribution in [2.24, 2.45) is 0 Å². The van der Waals surface area contributed by atoms with E-state index in [-0.39, 0.29) is 48.5 Å². The van der Waals surface area contributed by atoms with Gasteiger partial charge in [0.1, 0.15) is 17.9 Å². The monoisotopic (exact) mass is 1090 g/mol. The molecule has 0 amide bonds. The zero-order chi connectivity index (χ0) is 47.4. The minimum atomic E-state index is -0.335. The Morgan fingerprint density at radius 1 is 0.559 bits per heavy atom. The van der Waals surface area contributed by atoms with Gasteiger partial charge in [0.2, 0.25) is 0 Å². The number of aromatic nitrogens is 4. The van der Waals surface area contributed by atoms with E-state index in [0.717, 1.165) is 77.0 Å². The van der Waals surface area contributed by atoms with Gasteiger partial charge in [-0.05, 0) is 79.5 Å². The molecular weight excluding hydrogens is 1030 g/mol. The Bertz CT molecular complexity index is 3570. The van der Waals surface area contributed by atoms with Gasteiger partial charge >= 0.3 is 0 Å². The van der Waals surface area contributed by atoms with E-state index in [9.17, 15) is 5.11 Å². The van der Waals surface area contributed by atoms with Gasteiger partial charge in [-0.2, -0.15) is 0 Å². The molecule has 3 aromatic heterocycles. The van der Waals surface area contributed by atoms with Gasteiger partial charge in [-0.15, -0.1) is 40.7 Å². The summed E-state index contributed by atoms with van der Waals surface area (Å²) in [5, 5.41) is 16.2. The second-order valence-corrected chi connectivity index (χ2v) is 23.4. The number of hydrogen-bond acceptors (Lipinski definition) is 5. The van der Waals surface area contributed by atoms with Crippen molar-refractivity contribution in [3.63, 3.8) is 0 Å². The summed E-state index contributed by atoms with van der Waals surface area (Å²) in [6.07, 6.45) is 1.71. The van der Waals surface area contributed by atoms with Crippen LogP contribution in [0.15, 0.2) is 134 Å². The molecule has 346 valence electrons. The third-order valence-electron chi connectivity index (χ3n) is 13.3. The minimum Gasteiger partial charge on any atom is -0.507 e. The number of nitrogens with zero attached hydrogens (tertiary/aromatic N) is 4. The first-order valence-electron chi connectivity index (χ1n) is 23.4. The fraction of sp³-hybridized carbons (Fsp3) is 0.262. The van der Waals surface area contributed by atoms with Gasteiger partial charge < -0.3 is 5.11 Å². The zero-order valence-corrected chi connectivity index (χ0v) is 44.3. The van der Waals surface area contributed by atoms with E-state index in [0.29, 0.717) is 11.4 Å². The molecule has 0 unspecified atom stereocenters. The van der Waals surface area contributed by atoms with Crippen molar-refractivity contribution in [2.45, 2.75) is 105 Å². The first kappa shape index (κ1) is 47.1. The Morgan fingerprint density at radius 3 is 1.93 bits per heavy atom. The van der Waals surface area contributed by atoms with Gasteiger partial charge in [0.25, 0.3) is 0 Å². The summed E-state index contributed by atoms with van der Waals surface area (Å²) < 4.78 is 4.51. The van der Waals surface area contributed by atoms with Gasteiger partial charge in [0, 0.05) is 52.7 Å². The summed E-state index contributed by atoms with van der Waals surface area (Å²) in [4.78, 5) is 15.6. The summed E-state index contributed by atoms with van der Waals surface area (Å²) in [5.74, 6) is 0.929. The van der Waals surface area contributed by atoms with Crippen LogP contribution in [0.5, 0.6) is 5.75 Å². The van der Waals surface area contributed by atoms with E-state index >= 15 is 0 Å². The Hall–Kier alpha value is -5.94. The molecule has 0 spiro atoms.